The summed E-state index contributed by atoms with van der Waals surface area (Å²) in [4.78, 5) is 0. The molecular weight excluding hydrogens is 220 g/mol. The van der Waals surface area contributed by atoms with E-state index in [9.17, 15) is 0 Å². The third-order valence-corrected chi connectivity index (χ3v) is 4.56. The minimum absolute atomic E-state index is 0.0836. The average Bonchev–Trinajstić information content (AvgIpc) is 2.33. The van der Waals surface area contributed by atoms with Crippen LogP contribution in [-0.4, -0.2) is 12.1 Å². The van der Waals surface area contributed by atoms with E-state index in [4.69, 9.17) is 5.73 Å². The van der Waals surface area contributed by atoms with Crippen molar-refractivity contribution in [2.75, 3.05) is 11.9 Å². The first kappa shape index (κ1) is 13.4. The van der Waals surface area contributed by atoms with E-state index in [2.05, 4.69) is 50.4 Å². The number of hydrogen-bond acceptors (Lipinski definition) is 2. The van der Waals surface area contributed by atoms with E-state index < -0.39 is 0 Å². The minimum atomic E-state index is 0.0836. The van der Waals surface area contributed by atoms with Crippen LogP contribution >= 0.6 is 0 Å². The zero-order valence-corrected chi connectivity index (χ0v) is 11.9. The third-order valence-electron chi connectivity index (χ3n) is 4.56. The van der Waals surface area contributed by atoms with Crippen molar-refractivity contribution in [2.24, 2.45) is 17.6 Å². The molecule has 3 atom stereocenters. The van der Waals surface area contributed by atoms with Crippen molar-refractivity contribution in [3.8, 4) is 0 Å². The normalized spacial score (nSPS) is 32.2. The van der Waals surface area contributed by atoms with Gasteiger partial charge in [-0.05, 0) is 55.7 Å². The Balaban J connectivity index is 2.18. The summed E-state index contributed by atoms with van der Waals surface area (Å²) in [5.41, 5.74) is 8.69. The van der Waals surface area contributed by atoms with Gasteiger partial charge in [-0.3, -0.25) is 0 Å². The maximum Gasteiger partial charge on any atom is 0.0521 e. The number of nitrogens with two attached hydrogens (primary N) is 1. The second kappa shape index (κ2) is 5.31. The fraction of sp³-hybridized carbons (Fsp3) is 0.625. The number of anilines is 1. The van der Waals surface area contributed by atoms with Gasteiger partial charge in [-0.2, -0.15) is 0 Å². The summed E-state index contributed by atoms with van der Waals surface area (Å²) in [7, 11) is 0. The van der Waals surface area contributed by atoms with E-state index in [0.717, 1.165) is 12.5 Å². The van der Waals surface area contributed by atoms with Crippen LogP contribution in [0.2, 0.25) is 0 Å². The molecule has 0 radical (unpaired) electrons. The summed E-state index contributed by atoms with van der Waals surface area (Å²) >= 11 is 0. The van der Waals surface area contributed by atoms with Gasteiger partial charge in [0.05, 0.1) is 5.54 Å². The fourth-order valence-electron chi connectivity index (χ4n) is 3.25. The lowest BCUT2D eigenvalue weighted by molar-refractivity contribution is 0.189. The van der Waals surface area contributed by atoms with Gasteiger partial charge in [-0.25, -0.2) is 0 Å². The van der Waals surface area contributed by atoms with E-state index in [-0.39, 0.29) is 5.54 Å². The molecule has 0 amide bonds. The van der Waals surface area contributed by atoms with Crippen LogP contribution in [0.3, 0.4) is 0 Å². The molecule has 0 heterocycles. The van der Waals surface area contributed by atoms with Crippen molar-refractivity contribution < 1.29 is 0 Å². The Morgan fingerprint density at radius 3 is 2.78 bits per heavy atom. The van der Waals surface area contributed by atoms with Crippen LogP contribution in [0.4, 0.5) is 5.69 Å². The second-order valence-corrected chi connectivity index (χ2v) is 6.14. The molecule has 2 nitrogen and oxygen atoms in total. The summed E-state index contributed by atoms with van der Waals surface area (Å²) < 4.78 is 0. The molecule has 1 aromatic rings. The monoisotopic (exact) mass is 246 g/mol. The average molecular weight is 246 g/mol. The molecule has 2 rings (SSSR count). The first-order valence-electron chi connectivity index (χ1n) is 7.10. The predicted molar refractivity (Wildman–Crippen MR) is 78.8 cm³/mol. The molecule has 0 saturated heterocycles. The summed E-state index contributed by atoms with van der Waals surface area (Å²) in [6.45, 7) is 7.54. The molecule has 2 heteroatoms. The highest BCUT2D eigenvalue weighted by molar-refractivity contribution is 5.48. The van der Waals surface area contributed by atoms with E-state index in [1.165, 1.54) is 30.5 Å². The van der Waals surface area contributed by atoms with E-state index in [1.807, 2.05) is 0 Å². The number of aryl methyl sites for hydroxylation is 1. The van der Waals surface area contributed by atoms with Crippen molar-refractivity contribution >= 4 is 5.69 Å². The fourth-order valence-corrected chi connectivity index (χ4v) is 3.25. The van der Waals surface area contributed by atoms with Crippen molar-refractivity contribution in [1.82, 2.24) is 0 Å². The zero-order valence-electron chi connectivity index (χ0n) is 11.9. The Kier molecular flexibility index (Phi) is 3.96. The highest BCUT2D eigenvalue weighted by Crippen LogP contribution is 2.38. The van der Waals surface area contributed by atoms with Gasteiger partial charge in [0, 0.05) is 12.2 Å². The molecule has 100 valence electrons. The zero-order chi connectivity index (χ0) is 13.2. The second-order valence-electron chi connectivity index (χ2n) is 6.14. The highest BCUT2D eigenvalue weighted by atomic mass is 15.0. The van der Waals surface area contributed by atoms with Crippen molar-refractivity contribution in [3.05, 3.63) is 29.8 Å². The first-order valence-corrected chi connectivity index (χ1v) is 7.10. The SMILES string of the molecule is Cc1cccc(NC2(CN)CCC(C)CC2C)c1. The quantitative estimate of drug-likeness (QED) is 0.856. The molecule has 1 saturated carbocycles. The Hall–Kier alpha value is -1.02. The predicted octanol–water partition coefficient (Wildman–Crippen LogP) is 3.56. The molecule has 0 bridgehead atoms. The van der Waals surface area contributed by atoms with Gasteiger partial charge < -0.3 is 11.1 Å². The van der Waals surface area contributed by atoms with Gasteiger partial charge >= 0.3 is 0 Å². The van der Waals surface area contributed by atoms with E-state index >= 15 is 0 Å². The maximum atomic E-state index is 6.10. The number of hydrogen-bond donors (Lipinski definition) is 2. The van der Waals surface area contributed by atoms with Gasteiger partial charge in [0.25, 0.3) is 0 Å². The Bertz CT molecular complexity index is 402. The Morgan fingerprint density at radius 1 is 1.39 bits per heavy atom. The summed E-state index contributed by atoms with van der Waals surface area (Å²) in [6, 6.07) is 8.60. The lowest BCUT2D eigenvalue weighted by Crippen LogP contribution is -2.53. The van der Waals surface area contributed by atoms with Gasteiger partial charge in [0.1, 0.15) is 0 Å². The third kappa shape index (κ3) is 2.69. The molecule has 0 spiro atoms. The van der Waals surface area contributed by atoms with Gasteiger partial charge in [0.2, 0.25) is 0 Å². The van der Waals surface area contributed by atoms with Crippen molar-refractivity contribution in [2.45, 2.75) is 45.6 Å². The molecule has 1 aromatic carbocycles. The topological polar surface area (TPSA) is 38.0 Å². The lowest BCUT2D eigenvalue weighted by atomic mass is 9.70. The summed E-state index contributed by atoms with van der Waals surface area (Å²) in [5, 5.41) is 3.73. The molecular formula is C16H26N2. The lowest BCUT2D eigenvalue weighted by Gasteiger charge is -2.45. The van der Waals surface area contributed by atoms with Crippen LogP contribution in [0.15, 0.2) is 24.3 Å². The molecule has 1 fully saturated rings. The van der Waals surface area contributed by atoms with Gasteiger partial charge in [0.15, 0.2) is 0 Å². The van der Waals surface area contributed by atoms with Crippen LogP contribution in [0.25, 0.3) is 0 Å². The largest absolute Gasteiger partial charge is 0.378 e. The van der Waals surface area contributed by atoms with Crippen LogP contribution in [0.1, 0.15) is 38.7 Å². The molecule has 3 unspecified atom stereocenters. The Labute approximate surface area is 111 Å². The number of nitrogens with one attached hydrogen (secondary N) is 1. The smallest absolute Gasteiger partial charge is 0.0521 e. The van der Waals surface area contributed by atoms with Gasteiger partial charge in [-0.15, -0.1) is 0 Å². The van der Waals surface area contributed by atoms with Crippen molar-refractivity contribution in [3.63, 3.8) is 0 Å². The molecule has 0 aliphatic heterocycles. The summed E-state index contributed by atoms with van der Waals surface area (Å²) in [5.74, 6) is 1.46. The maximum absolute atomic E-state index is 6.10. The summed E-state index contributed by atoms with van der Waals surface area (Å²) in [6.07, 6.45) is 3.73. The Morgan fingerprint density at radius 2 is 2.17 bits per heavy atom. The van der Waals surface area contributed by atoms with Gasteiger partial charge in [-0.1, -0.05) is 26.0 Å². The standard InChI is InChI=1S/C16H26N2/c1-12-5-4-6-15(10-12)18-16(11-17)8-7-13(2)9-14(16)3/h4-6,10,13-14,18H,7-9,11,17H2,1-3H3. The molecule has 1 aliphatic rings. The molecule has 18 heavy (non-hydrogen) atoms. The highest BCUT2D eigenvalue weighted by Gasteiger charge is 2.38. The van der Waals surface area contributed by atoms with Crippen LogP contribution in [-0.2, 0) is 0 Å². The number of benzene rings is 1. The first-order chi connectivity index (χ1) is 8.55. The van der Waals surface area contributed by atoms with E-state index in [1.54, 1.807) is 0 Å². The van der Waals surface area contributed by atoms with Crippen LogP contribution in [0.5, 0.6) is 0 Å². The number of rotatable bonds is 3. The molecule has 1 aliphatic carbocycles. The molecule has 3 N–H and O–H groups in total. The van der Waals surface area contributed by atoms with Crippen LogP contribution < -0.4 is 11.1 Å². The molecule has 0 aromatic heterocycles. The minimum Gasteiger partial charge on any atom is -0.378 e. The van der Waals surface area contributed by atoms with Crippen molar-refractivity contribution in [1.29, 1.82) is 0 Å². The van der Waals surface area contributed by atoms with Crippen LogP contribution in [0, 0.1) is 18.8 Å². The van der Waals surface area contributed by atoms with E-state index in [0.29, 0.717) is 5.92 Å².